The first-order valence-electron chi connectivity index (χ1n) is 31.4. The molecule has 12 atom stereocenters. The molecule has 0 saturated carbocycles. The van der Waals surface area contributed by atoms with E-state index in [0.29, 0.717) is 6.42 Å². The van der Waals surface area contributed by atoms with E-state index in [1.807, 2.05) is 6.08 Å². The average Bonchev–Trinajstić information content (AvgIpc) is 3.44. The molecule has 2 aliphatic heterocycles. The van der Waals surface area contributed by atoms with Gasteiger partial charge in [-0.05, 0) is 57.8 Å². The van der Waals surface area contributed by atoms with Crippen LogP contribution in [0.25, 0.3) is 0 Å². The van der Waals surface area contributed by atoms with Crippen molar-refractivity contribution >= 4 is 5.91 Å². The third kappa shape index (κ3) is 34.1. The van der Waals surface area contributed by atoms with E-state index >= 15 is 0 Å². The van der Waals surface area contributed by atoms with E-state index in [-0.39, 0.29) is 18.9 Å². The highest BCUT2D eigenvalue weighted by Crippen LogP contribution is 2.30. The Bertz CT molecular complexity index is 1480. The fraction of sp³-hybridized carbons (Fsp3) is 0.857. The number of hydrogen-bond acceptors (Lipinski definition) is 13. The Morgan fingerprint density at radius 1 is 0.468 bits per heavy atom. The minimum Gasteiger partial charge on any atom is -0.394 e. The zero-order valence-corrected chi connectivity index (χ0v) is 48.5. The van der Waals surface area contributed by atoms with Crippen LogP contribution >= 0.6 is 0 Å². The van der Waals surface area contributed by atoms with Crippen LogP contribution in [-0.4, -0.2) is 140 Å². The van der Waals surface area contributed by atoms with Crippen LogP contribution in [0.3, 0.4) is 0 Å². The Hall–Kier alpha value is -2.05. The van der Waals surface area contributed by atoms with Crippen molar-refractivity contribution < 1.29 is 64.6 Å². The standard InChI is InChI=1S/C63H115NO13/c1-3-5-7-9-11-13-15-17-19-21-23-24-25-26-27-28-29-31-33-35-37-39-41-43-45-47-55(68)64-51(52(67)46-44-42-40-38-36-34-32-30-22-20-18-16-14-12-10-8-6-4-2)50-74-62-60(73)58(71)61(54(49-66)76-62)77-63-59(72)57(70)56(69)53(48-65)75-63/h15,17,21,23,25-26,44,46,51-54,56-63,65-67,69-73H,3-14,16,18-20,22,24,27-43,45,47-50H2,1-2H3,(H,64,68)/b17-15-,23-21-,26-25-,46-44+. The lowest BCUT2D eigenvalue weighted by Crippen LogP contribution is -2.65. The molecule has 2 saturated heterocycles. The molecule has 2 rings (SSSR count). The van der Waals surface area contributed by atoms with E-state index in [1.165, 1.54) is 167 Å². The van der Waals surface area contributed by atoms with Crippen LogP contribution in [0, 0.1) is 0 Å². The molecule has 77 heavy (non-hydrogen) atoms. The highest BCUT2D eigenvalue weighted by molar-refractivity contribution is 5.76. The van der Waals surface area contributed by atoms with Crippen LogP contribution in [0.1, 0.15) is 251 Å². The van der Waals surface area contributed by atoms with E-state index in [4.69, 9.17) is 18.9 Å². The van der Waals surface area contributed by atoms with Gasteiger partial charge in [-0.15, -0.1) is 0 Å². The Kier molecular flexibility index (Phi) is 44.9. The van der Waals surface area contributed by atoms with Gasteiger partial charge >= 0.3 is 0 Å². The van der Waals surface area contributed by atoms with Crippen molar-refractivity contribution in [3.8, 4) is 0 Å². The summed E-state index contributed by atoms with van der Waals surface area (Å²) in [4.78, 5) is 13.3. The summed E-state index contributed by atoms with van der Waals surface area (Å²) >= 11 is 0. The maximum Gasteiger partial charge on any atom is 0.220 e. The lowest BCUT2D eigenvalue weighted by Gasteiger charge is -2.46. The van der Waals surface area contributed by atoms with Crippen LogP contribution < -0.4 is 5.32 Å². The van der Waals surface area contributed by atoms with Gasteiger partial charge in [-0.25, -0.2) is 0 Å². The summed E-state index contributed by atoms with van der Waals surface area (Å²) in [5.74, 6) is -0.243. The summed E-state index contributed by atoms with van der Waals surface area (Å²) in [6.45, 7) is 2.80. The van der Waals surface area contributed by atoms with Gasteiger partial charge in [0.15, 0.2) is 12.6 Å². The molecule has 0 radical (unpaired) electrons. The normalized spacial score (nSPS) is 25.0. The van der Waals surface area contributed by atoms with Gasteiger partial charge in [0.1, 0.15) is 48.8 Å². The lowest BCUT2D eigenvalue weighted by molar-refractivity contribution is -0.359. The van der Waals surface area contributed by atoms with Crippen LogP contribution in [0.5, 0.6) is 0 Å². The van der Waals surface area contributed by atoms with Gasteiger partial charge in [0, 0.05) is 6.42 Å². The van der Waals surface area contributed by atoms with Crippen LogP contribution in [-0.2, 0) is 23.7 Å². The number of carbonyl (C=O) groups excluding carboxylic acids is 1. The minimum atomic E-state index is -1.79. The van der Waals surface area contributed by atoms with Crippen molar-refractivity contribution in [1.29, 1.82) is 0 Å². The van der Waals surface area contributed by atoms with Gasteiger partial charge in [-0.1, -0.05) is 236 Å². The Labute approximate surface area is 467 Å². The molecule has 0 aromatic carbocycles. The number of aliphatic hydroxyl groups is 8. The Balaban J connectivity index is 1.74. The van der Waals surface area contributed by atoms with Gasteiger partial charge in [0.05, 0.1) is 32.0 Å². The highest BCUT2D eigenvalue weighted by atomic mass is 16.7. The molecule has 0 aliphatic carbocycles. The molecule has 9 N–H and O–H groups in total. The number of hydrogen-bond donors (Lipinski definition) is 9. The van der Waals surface area contributed by atoms with Gasteiger partial charge in [0.25, 0.3) is 0 Å². The molecule has 0 bridgehead atoms. The number of allylic oxidation sites excluding steroid dienone is 7. The van der Waals surface area contributed by atoms with E-state index in [2.05, 4.69) is 55.6 Å². The molecule has 0 aromatic heterocycles. The third-order valence-electron chi connectivity index (χ3n) is 15.3. The fourth-order valence-electron chi connectivity index (χ4n) is 10.2. The fourth-order valence-corrected chi connectivity index (χ4v) is 10.2. The first kappa shape index (κ1) is 71.1. The maximum absolute atomic E-state index is 13.3. The van der Waals surface area contributed by atoms with Gasteiger partial charge in [-0.2, -0.15) is 0 Å². The topological polar surface area (TPSA) is 228 Å². The van der Waals surface area contributed by atoms with Crippen molar-refractivity contribution in [3.63, 3.8) is 0 Å². The van der Waals surface area contributed by atoms with Crippen LogP contribution in [0.4, 0.5) is 0 Å². The van der Waals surface area contributed by atoms with E-state index < -0.39 is 86.8 Å². The number of aliphatic hydroxyl groups excluding tert-OH is 8. The molecular weight excluding hydrogens is 979 g/mol. The van der Waals surface area contributed by atoms with E-state index in [9.17, 15) is 45.6 Å². The van der Waals surface area contributed by atoms with E-state index in [0.717, 1.165) is 57.8 Å². The first-order chi connectivity index (χ1) is 37.6. The molecule has 2 fully saturated rings. The summed E-state index contributed by atoms with van der Waals surface area (Å²) in [7, 11) is 0. The zero-order chi connectivity index (χ0) is 56.0. The van der Waals surface area contributed by atoms with Crippen LogP contribution in [0.15, 0.2) is 48.6 Å². The van der Waals surface area contributed by atoms with Crippen LogP contribution in [0.2, 0.25) is 0 Å². The predicted molar refractivity (Wildman–Crippen MR) is 309 cm³/mol. The quantitative estimate of drug-likeness (QED) is 0.0204. The summed E-state index contributed by atoms with van der Waals surface area (Å²) in [5, 5.41) is 87.2. The second-order valence-electron chi connectivity index (χ2n) is 22.2. The summed E-state index contributed by atoms with van der Waals surface area (Å²) in [6.07, 6.45) is 44.3. The lowest BCUT2D eigenvalue weighted by atomic mass is 9.97. The molecule has 2 aliphatic rings. The predicted octanol–water partition coefficient (Wildman–Crippen LogP) is 11.2. The van der Waals surface area contributed by atoms with Crippen molar-refractivity contribution in [2.75, 3.05) is 19.8 Å². The molecular formula is C63H115NO13. The number of carbonyl (C=O) groups is 1. The van der Waals surface area contributed by atoms with Crippen molar-refractivity contribution in [1.82, 2.24) is 5.32 Å². The second kappa shape index (κ2) is 48.6. The Morgan fingerprint density at radius 3 is 1.31 bits per heavy atom. The first-order valence-corrected chi connectivity index (χ1v) is 31.4. The minimum absolute atomic E-state index is 0.243. The molecule has 450 valence electrons. The van der Waals surface area contributed by atoms with Crippen molar-refractivity contribution in [2.24, 2.45) is 0 Å². The molecule has 0 aromatic rings. The van der Waals surface area contributed by atoms with Crippen molar-refractivity contribution in [3.05, 3.63) is 48.6 Å². The molecule has 14 heteroatoms. The summed E-state index contributed by atoms with van der Waals surface area (Å²) in [6, 6.07) is -0.918. The highest BCUT2D eigenvalue weighted by Gasteiger charge is 2.51. The van der Waals surface area contributed by atoms with Gasteiger partial charge < -0.3 is 65.1 Å². The molecule has 12 unspecified atom stereocenters. The SMILES string of the molecule is CCCCCCC/C=C\C/C=C\C/C=C\CCCCCCCCCCCCC(=O)NC(COC1OC(CO)C(OC2OC(CO)C(O)C(O)C2O)C(O)C1O)C(O)/C=C/CCCCCCCCCCCCCCCCCC. The van der Waals surface area contributed by atoms with Gasteiger partial charge in [0.2, 0.25) is 5.91 Å². The second-order valence-corrected chi connectivity index (χ2v) is 22.2. The van der Waals surface area contributed by atoms with Crippen molar-refractivity contribution in [2.45, 2.75) is 325 Å². The molecule has 2 heterocycles. The number of unbranched alkanes of at least 4 members (excludes halogenated alkanes) is 31. The average molecular weight is 1090 g/mol. The number of nitrogens with one attached hydrogen (secondary N) is 1. The monoisotopic (exact) mass is 1090 g/mol. The third-order valence-corrected chi connectivity index (χ3v) is 15.3. The molecule has 0 spiro atoms. The number of ether oxygens (including phenoxy) is 4. The van der Waals surface area contributed by atoms with Gasteiger partial charge in [-0.3, -0.25) is 4.79 Å². The maximum atomic E-state index is 13.3. The number of amides is 1. The summed E-state index contributed by atoms with van der Waals surface area (Å²) < 4.78 is 22.8. The molecule has 14 nitrogen and oxygen atoms in total. The summed E-state index contributed by atoms with van der Waals surface area (Å²) in [5.41, 5.74) is 0. The van der Waals surface area contributed by atoms with E-state index in [1.54, 1.807) is 6.08 Å². The number of rotatable bonds is 50. The smallest absolute Gasteiger partial charge is 0.220 e. The Morgan fingerprint density at radius 2 is 0.857 bits per heavy atom. The largest absolute Gasteiger partial charge is 0.394 e. The molecule has 1 amide bonds. The zero-order valence-electron chi connectivity index (χ0n) is 48.5.